The minimum Gasteiger partial charge on any atom is -0.497 e. The number of benzene rings is 2. The fraction of sp³-hybridized carbons (Fsp3) is 0.500. The van der Waals surface area contributed by atoms with Crippen molar-refractivity contribution in [2.75, 3.05) is 31.7 Å². The van der Waals surface area contributed by atoms with Crippen molar-refractivity contribution in [1.82, 2.24) is 4.90 Å². The van der Waals surface area contributed by atoms with Crippen LogP contribution in [-0.4, -0.2) is 71.2 Å². The molecule has 0 unspecified atom stereocenters. The summed E-state index contributed by atoms with van der Waals surface area (Å²) in [5.74, 6) is 1.17. The first kappa shape index (κ1) is 28.0. The van der Waals surface area contributed by atoms with E-state index >= 15 is 0 Å². The lowest BCUT2D eigenvalue weighted by Gasteiger charge is -2.42. The molecule has 2 atom stereocenters. The van der Waals surface area contributed by atoms with Gasteiger partial charge in [0.2, 0.25) is 5.91 Å². The number of aliphatic hydroxyl groups excluding tert-OH is 1. The van der Waals surface area contributed by atoms with E-state index in [0.29, 0.717) is 29.4 Å². The van der Waals surface area contributed by atoms with Crippen LogP contribution in [0.25, 0.3) is 0 Å². The van der Waals surface area contributed by atoms with Gasteiger partial charge in [0.15, 0.2) is 0 Å². The molecule has 2 aromatic rings. The zero-order chi connectivity index (χ0) is 27.7. The van der Waals surface area contributed by atoms with Crippen molar-refractivity contribution in [3.05, 3.63) is 52.5 Å². The number of piperidine rings is 1. The van der Waals surface area contributed by atoms with Crippen molar-refractivity contribution in [2.45, 2.75) is 63.9 Å². The predicted octanol–water partition coefficient (Wildman–Crippen LogP) is 3.94. The van der Waals surface area contributed by atoms with E-state index in [1.165, 1.54) is 4.90 Å². The summed E-state index contributed by atoms with van der Waals surface area (Å²) in [4.78, 5) is 28.3. The molecule has 38 heavy (non-hydrogen) atoms. The fourth-order valence-corrected chi connectivity index (χ4v) is 4.94. The molecule has 2 aliphatic rings. The number of anilines is 1. The Balaban J connectivity index is 1.48. The van der Waals surface area contributed by atoms with Gasteiger partial charge in [-0.2, -0.15) is 0 Å². The maximum Gasteiger partial charge on any atom is 0.410 e. The van der Waals surface area contributed by atoms with Gasteiger partial charge in [-0.3, -0.25) is 4.79 Å². The molecule has 2 amide bonds. The average Bonchev–Trinajstić information content (AvgIpc) is 2.86. The number of hydrogen-bond donors (Lipinski definition) is 2. The largest absolute Gasteiger partial charge is 0.497 e. The van der Waals surface area contributed by atoms with Gasteiger partial charge < -0.3 is 34.2 Å². The Morgan fingerprint density at radius 3 is 2.50 bits per heavy atom. The van der Waals surface area contributed by atoms with Crippen molar-refractivity contribution >= 4 is 29.3 Å². The highest BCUT2D eigenvalue weighted by molar-refractivity contribution is 6.34. The molecular weight excluding hydrogens is 512 g/mol. The molecule has 206 valence electrons. The van der Waals surface area contributed by atoms with Crippen molar-refractivity contribution in [3.63, 3.8) is 0 Å². The molecular formula is C28H35ClN2O7. The van der Waals surface area contributed by atoms with Crippen LogP contribution in [0, 0.1) is 0 Å². The van der Waals surface area contributed by atoms with E-state index < -0.39 is 23.4 Å². The van der Waals surface area contributed by atoms with Gasteiger partial charge in [-0.25, -0.2) is 4.79 Å². The first-order valence-corrected chi connectivity index (χ1v) is 13.0. The summed E-state index contributed by atoms with van der Waals surface area (Å²) in [6.07, 6.45) is -0.910. The van der Waals surface area contributed by atoms with Gasteiger partial charge in [0.25, 0.3) is 0 Å². The predicted molar refractivity (Wildman–Crippen MR) is 143 cm³/mol. The van der Waals surface area contributed by atoms with E-state index in [1.54, 1.807) is 44.9 Å². The van der Waals surface area contributed by atoms with Gasteiger partial charge in [-0.05, 0) is 63.4 Å². The van der Waals surface area contributed by atoms with Gasteiger partial charge in [0, 0.05) is 18.5 Å². The molecule has 10 heteroatoms. The average molecular weight is 547 g/mol. The molecule has 9 nitrogen and oxygen atoms in total. The highest BCUT2D eigenvalue weighted by atomic mass is 35.5. The second-order valence-electron chi connectivity index (χ2n) is 10.8. The third-order valence-corrected chi connectivity index (χ3v) is 7.11. The quantitative estimate of drug-likeness (QED) is 0.565. The zero-order valence-electron chi connectivity index (χ0n) is 22.2. The molecule has 0 saturated carbocycles. The molecule has 0 aromatic heterocycles. The summed E-state index contributed by atoms with van der Waals surface area (Å²) < 4.78 is 16.7. The van der Waals surface area contributed by atoms with Crippen LogP contribution in [-0.2, 0) is 22.5 Å². The van der Waals surface area contributed by atoms with Gasteiger partial charge in [-0.1, -0.05) is 23.7 Å². The number of halogens is 1. The van der Waals surface area contributed by atoms with Gasteiger partial charge in [-0.15, -0.1) is 0 Å². The Morgan fingerprint density at radius 1 is 1.16 bits per heavy atom. The van der Waals surface area contributed by atoms with Crippen molar-refractivity contribution in [2.24, 2.45) is 0 Å². The summed E-state index contributed by atoms with van der Waals surface area (Å²) in [5, 5.41) is 22.3. The van der Waals surface area contributed by atoms with Crippen molar-refractivity contribution in [1.29, 1.82) is 0 Å². The van der Waals surface area contributed by atoms with E-state index in [-0.39, 0.29) is 38.4 Å². The number of amides is 2. The van der Waals surface area contributed by atoms with Gasteiger partial charge in [0.1, 0.15) is 35.4 Å². The number of likely N-dealkylation sites (tertiary alicyclic amines) is 1. The van der Waals surface area contributed by atoms with E-state index in [4.69, 9.17) is 25.8 Å². The Morgan fingerprint density at radius 2 is 1.87 bits per heavy atom. The number of fused-ring (bicyclic) bond motifs is 1. The lowest BCUT2D eigenvalue weighted by atomic mass is 9.89. The third-order valence-electron chi connectivity index (χ3n) is 6.81. The Labute approximate surface area is 227 Å². The van der Waals surface area contributed by atoms with Crippen LogP contribution >= 0.6 is 11.6 Å². The summed E-state index contributed by atoms with van der Waals surface area (Å²) in [6, 6.07) is 10.9. The maximum absolute atomic E-state index is 12.9. The first-order chi connectivity index (χ1) is 17.9. The lowest BCUT2D eigenvalue weighted by Crippen LogP contribution is -2.59. The Hall–Kier alpha value is -3.01. The smallest absolute Gasteiger partial charge is 0.410 e. The minimum atomic E-state index is -1.56. The summed E-state index contributed by atoms with van der Waals surface area (Å²) in [6.45, 7) is 5.61. The van der Waals surface area contributed by atoms with Crippen LogP contribution in [0.4, 0.5) is 10.5 Å². The van der Waals surface area contributed by atoms with Gasteiger partial charge in [0.05, 0.1) is 30.9 Å². The molecule has 0 spiro atoms. The second-order valence-corrected chi connectivity index (χ2v) is 11.2. The summed E-state index contributed by atoms with van der Waals surface area (Å²) in [5.41, 5.74) is 0.0648. The highest BCUT2D eigenvalue weighted by Crippen LogP contribution is 2.41. The number of hydrogen-bond acceptors (Lipinski definition) is 7. The van der Waals surface area contributed by atoms with Crippen LogP contribution in [0.2, 0.25) is 5.02 Å². The van der Waals surface area contributed by atoms with Crippen LogP contribution in [0.5, 0.6) is 11.5 Å². The standard InChI is InChI=1S/C28H35ClN2O7/c1-27(2,3)38-26(34)30-14-13-28(35,23(32)16-30)17-37-22-11-10-21(29)25-20(22)9-12-24(33)31(25)15-18-5-7-19(36-4)8-6-18/h5-8,10-11,23,32,35H,9,12-17H2,1-4H3/t23-,28-/m1/s1. The molecule has 1 fully saturated rings. The van der Waals surface area contributed by atoms with Crippen LogP contribution < -0.4 is 14.4 Å². The summed E-state index contributed by atoms with van der Waals surface area (Å²) in [7, 11) is 1.60. The number of rotatable bonds is 6. The minimum absolute atomic E-state index is 0.0454. The second kappa shape index (κ2) is 11.0. The van der Waals surface area contributed by atoms with Crippen molar-refractivity contribution < 1.29 is 34.0 Å². The normalized spacial score (nSPS) is 21.7. The van der Waals surface area contributed by atoms with E-state index in [1.807, 2.05) is 24.3 Å². The molecule has 1 saturated heterocycles. The number of aliphatic hydroxyl groups is 2. The number of ether oxygens (including phenoxy) is 3. The molecule has 2 heterocycles. The third kappa shape index (κ3) is 6.17. The Kier molecular flexibility index (Phi) is 8.11. The highest BCUT2D eigenvalue weighted by Gasteiger charge is 2.44. The number of nitrogens with zero attached hydrogens (tertiary/aromatic N) is 2. The molecule has 2 aromatic carbocycles. The number of carbonyl (C=O) groups excluding carboxylic acids is 2. The molecule has 2 aliphatic heterocycles. The van der Waals surface area contributed by atoms with Crippen LogP contribution in [0.1, 0.15) is 44.7 Å². The first-order valence-electron chi connectivity index (χ1n) is 12.7. The molecule has 0 radical (unpaired) electrons. The van der Waals surface area contributed by atoms with Crippen LogP contribution in [0.15, 0.2) is 36.4 Å². The SMILES string of the molecule is COc1ccc(CN2C(=O)CCc3c(OC[C@]4(O)CCN(C(=O)OC(C)(C)C)C[C@H]4O)ccc(Cl)c32)cc1. The molecule has 0 aliphatic carbocycles. The van der Waals surface area contributed by atoms with Crippen LogP contribution in [0.3, 0.4) is 0 Å². The van der Waals surface area contributed by atoms with Gasteiger partial charge >= 0.3 is 6.09 Å². The molecule has 4 rings (SSSR count). The molecule has 2 N–H and O–H groups in total. The maximum atomic E-state index is 12.9. The number of β-amino-alcohol motifs (C(OH)–C–C–N with tert-alkyl or cyclic N) is 1. The zero-order valence-corrected chi connectivity index (χ0v) is 23.0. The number of methoxy groups -OCH3 is 1. The summed E-state index contributed by atoms with van der Waals surface area (Å²) >= 11 is 6.57. The van der Waals surface area contributed by atoms with E-state index in [2.05, 4.69) is 0 Å². The Bertz CT molecular complexity index is 1180. The van der Waals surface area contributed by atoms with E-state index in [9.17, 15) is 19.8 Å². The van der Waals surface area contributed by atoms with Crippen molar-refractivity contribution in [3.8, 4) is 11.5 Å². The molecule has 0 bridgehead atoms. The fourth-order valence-electron chi connectivity index (χ4n) is 4.66. The number of carbonyl (C=O) groups is 2. The van der Waals surface area contributed by atoms with E-state index in [0.717, 1.165) is 16.9 Å². The lowest BCUT2D eigenvalue weighted by molar-refractivity contribution is -0.135. The monoisotopic (exact) mass is 546 g/mol. The topological polar surface area (TPSA) is 109 Å².